The van der Waals surface area contributed by atoms with E-state index in [1.165, 1.54) is 36.4 Å². The van der Waals surface area contributed by atoms with E-state index in [1.54, 1.807) is 0 Å². The summed E-state index contributed by atoms with van der Waals surface area (Å²) in [4.78, 5) is 108. The van der Waals surface area contributed by atoms with Crippen LogP contribution in [0.5, 0.6) is 5.75 Å². The van der Waals surface area contributed by atoms with Gasteiger partial charge in [0.05, 0.1) is 16.3 Å². The summed E-state index contributed by atoms with van der Waals surface area (Å²) < 4.78 is 55.1. The highest BCUT2D eigenvalue weighted by atomic mass is 32.1. The number of carbonyl (C=O) groups excluding carboxylic acids is 8. The van der Waals surface area contributed by atoms with Gasteiger partial charge in [0.2, 0.25) is 0 Å². The molecule has 2 fully saturated rings. The van der Waals surface area contributed by atoms with Gasteiger partial charge in [-0.3, -0.25) is 48.5 Å². The van der Waals surface area contributed by atoms with Crippen LogP contribution in [0.3, 0.4) is 0 Å². The molecular weight excluding hydrogens is 1030 g/mol. The Kier molecular flexibility index (Phi) is 21.8. The highest BCUT2D eigenvalue weighted by Crippen LogP contribution is 2.33. The van der Waals surface area contributed by atoms with Crippen molar-refractivity contribution in [3.8, 4) is 5.75 Å². The molecule has 2 saturated heterocycles. The number of aromatic hydroxyl groups is 1. The average molecular weight is 1080 g/mol. The molecule has 0 unspecified atom stereocenters. The third-order valence-corrected chi connectivity index (χ3v) is 10.5. The SMILES string of the molecule is CC(=O)OC[C@H]1O[C@@H](NC(=S)NCc2cc(N=Nc3ccc([N+](=O)[O-])cc3)cc(CNC(=S)N[C@@H]3O[C@H](COC(C)=O)[C@@H](OC(C)=O)[C@H](OC(C)=O)[C@H]3OC(C)=O)c2O)[C@H](OC(C)=O)[C@@H](OC(C)=O)[C@@H]1OC(C)=O. The molecule has 30 heteroatoms. The molecule has 2 aromatic carbocycles. The molecule has 5 N–H and O–H groups in total. The first-order chi connectivity index (χ1) is 34.8. The molecule has 2 aliphatic heterocycles. The van der Waals surface area contributed by atoms with Crippen LogP contribution >= 0.6 is 24.4 Å². The van der Waals surface area contributed by atoms with Crippen LogP contribution in [-0.4, -0.2) is 143 Å². The lowest BCUT2D eigenvalue weighted by Gasteiger charge is -2.44. The minimum absolute atomic E-state index is 0.117. The molecule has 0 saturated carbocycles. The van der Waals surface area contributed by atoms with Crippen LogP contribution in [0.1, 0.15) is 66.5 Å². The number of benzene rings is 2. The maximum Gasteiger partial charge on any atom is 0.303 e. The Bertz CT molecular complexity index is 2370. The number of rotatable bonds is 19. The predicted octanol–water partition coefficient (Wildman–Crippen LogP) is 1.81. The van der Waals surface area contributed by atoms with Crippen molar-refractivity contribution in [2.45, 2.75) is 130 Å². The van der Waals surface area contributed by atoms with Gasteiger partial charge < -0.3 is 73.7 Å². The van der Waals surface area contributed by atoms with Gasteiger partial charge in [-0.05, 0) is 48.7 Å². The summed E-state index contributed by atoms with van der Waals surface area (Å²) in [5.41, 5.74) is 0.370. The summed E-state index contributed by atoms with van der Waals surface area (Å²) in [6, 6.07) is 7.95. The van der Waals surface area contributed by atoms with Gasteiger partial charge in [-0.15, -0.1) is 0 Å². The highest BCUT2D eigenvalue weighted by Gasteiger charge is 2.54. The van der Waals surface area contributed by atoms with Gasteiger partial charge in [0.15, 0.2) is 59.3 Å². The number of thiocarbonyl (C=S) groups is 2. The number of nitrogens with zero attached hydrogens (tertiary/aromatic N) is 3. The zero-order valence-electron chi connectivity index (χ0n) is 40.8. The van der Waals surface area contributed by atoms with Crippen molar-refractivity contribution in [3.05, 3.63) is 57.6 Å². The molecule has 0 radical (unpaired) electrons. The second-order valence-electron chi connectivity index (χ2n) is 16.0. The van der Waals surface area contributed by atoms with Crippen LogP contribution in [0.4, 0.5) is 17.1 Å². The van der Waals surface area contributed by atoms with Gasteiger partial charge in [-0.2, -0.15) is 10.2 Å². The number of carbonyl (C=O) groups is 8. The normalized spacial score (nSPS) is 23.1. The number of nitro groups is 1. The lowest BCUT2D eigenvalue weighted by atomic mass is 9.97. The van der Waals surface area contributed by atoms with Gasteiger partial charge >= 0.3 is 47.8 Å². The zero-order valence-corrected chi connectivity index (χ0v) is 42.5. The molecule has 28 nitrogen and oxygen atoms in total. The molecular formula is C44H53N7O21S2. The number of azo groups is 1. The van der Waals surface area contributed by atoms with Gasteiger partial charge in [0.25, 0.3) is 5.69 Å². The largest absolute Gasteiger partial charge is 0.507 e. The fourth-order valence-corrected chi connectivity index (χ4v) is 7.60. The summed E-state index contributed by atoms with van der Waals surface area (Å²) in [5.74, 6) is -6.93. The van der Waals surface area contributed by atoms with E-state index in [0.29, 0.717) is 0 Å². The van der Waals surface area contributed by atoms with Gasteiger partial charge in [0, 0.05) is 91.7 Å². The molecule has 402 valence electrons. The van der Waals surface area contributed by atoms with Crippen molar-refractivity contribution < 1.29 is 95.8 Å². The van der Waals surface area contributed by atoms with E-state index >= 15 is 0 Å². The smallest absolute Gasteiger partial charge is 0.303 e. The lowest BCUT2D eigenvalue weighted by Crippen LogP contribution is -2.66. The minimum Gasteiger partial charge on any atom is -0.507 e. The predicted molar refractivity (Wildman–Crippen MR) is 254 cm³/mol. The molecule has 10 atom stereocenters. The molecule has 74 heavy (non-hydrogen) atoms. The zero-order chi connectivity index (χ0) is 55.0. The first kappa shape index (κ1) is 58.9. The average Bonchev–Trinajstić information content (AvgIpc) is 3.29. The molecule has 2 heterocycles. The van der Waals surface area contributed by atoms with Gasteiger partial charge in [-0.1, -0.05) is 0 Å². The maximum atomic E-state index is 12.4. The van der Waals surface area contributed by atoms with Crippen LogP contribution in [0.2, 0.25) is 0 Å². The third-order valence-electron chi connectivity index (χ3n) is 10.0. The quantitative estimate of drug-likeness (QED) is 0.0334. The van der Waals surface area contributed by atoms with E-state index in [-0.39, 0.29) is 57.3 Å². The Hall–Kier alpha value is -7.70. The molecule has 0 aliphatic carbocycles. The molecule has 4 rings (SSSR count). The third kappa shape index (κ3) is 18.1. The van der Waals surface area contributed by atoms with Crippen LogP contribution in [-0.2, 0) is 98.8 Å². The highest BCUT2D eigenvalue weighted by molar-refractivity contribution is 7.80. The van der Waals surface area contributed by atoms with Crippen molar-refractivity contribution in [1.82, 2.24) is 21.3 Å². The number of hydrogen-bond acceptors (Lipinski definition) is 25. The van der Waals surface area contributed by atoms with Gasteiger partial charge in [-0.25, -0.2) is 0 Å². The number of phenolic OH excluding ortho intramolecular Hbond substituents is 1. The summed E-state index contributed by atoms with van der Waals surface area (Å²) in [7, 11) is 0. The van der Waals surface area contributed by atoms with Gasteiger partial charge in [0.1, 0.15) is 31.2 Å². The molecule has 2 aromatic rings. The summed E-state index contributed by atoms with van der Waals surface area (Å²) in [5, 5.41) is 42.2. The van der Waals surface area contributed by atoms with Crippen molar-refractivity contribution in [2.75, 3.05) is 13.2 Å². The molecule has 0 amide bonds. The van der Waals surface area contributed by atoms with Crippen molar-refractivity contribution in [1.29, 1.82) is 0 Å². The van der Waals surface area contributed by atoms with E-state index in [2.05, 4.69) is 31.5 Å². The Balaban J connectivity index is 1.66. The van der Waals surface area contributed by atoms with Crippen molar-refractivity contribution in [3.63, 3.8) is 0 Å². The second-order valence-corrected chi connectivity index (χ2v) is 16.8. The number of phenols is 1. The fourth-order valence-electron chi connectivity index (χ4n) is 7.23. The van der Waals surface area contributed by atoms with Crippen LogP contribution in [0.15, 0.2) is 46.6 Å². The maximum absolute atomic E-state index is 12.4. The van der Waals surface area contributed by atoms with Crippen LogP contribution in [0, 0.1) is 10.1 Å². The second kappa shape index (κ2) is 27.4. The number of non-ortho nitro benzene ring substituents is 1. The molecule has 0 bridgehead atoms. The molecule has 0 aromatic heterocycles. The lowest BCUT2D eigenvalue weighted by molar-refractivity contribution is -0.384. The molecule has 0 spiro atoms. The first-order valence-corrected chi connectivity index (χ1v) is 22.8. The van der Waals surface area contributed by atoms with E-state index in [9.17, 15) is 53.6 Å². The number of esters is 8. The summed E-state index contributed by atoms with van der Waals surface area (Å²) in [6.45, 7) is 7.01. The Morgan fingerprint density at radius 2 is 0.892 bits per heavy atom. The standard InChI is InChI=1S/C44H53N7O21S2/c1-19(52)63-17-32-35(65-21(3)54)37(67-23(5)56)39(69-25(7)58)41(71-32)47-43(73)45-15-27-13-30(50-49-29-9-11-31(12-10-29)51(61)62)14-28(34(27)60)16-46-44(74)48-42-40(70-26(8)59)38(68-24(6)57)36(66-22(4)55)33(72-42)18-64-20(2)53/h9-14,32-33,35-42,60H,15-18H2,1-8H3,(H2,45,47,73)(H2,46,48,74)/t32-,33-,35-,36-,37+,38+,39-,40-,41-,42-/m1/s1. The van der Waals surface area contributed by atoms with Crippen LogP contribution in [0.25, 0.3) is 0 Å². The Labute approximate surface area is 431 Å². The summed E-state index contributed by atoms with van der Waals surface area (Å²) >= 11 is 11.1. The minimum atomic E-state index is -1.52. The van der Waals surface area contributed by atoms with E-state index in [0.717, 1.165) is 55.4 Å². The first-order valence-electron chi connectivity index (χ1n) is 22.0. The summed E-state index contributed by atoms with van der Waals surface area (Å²) in [6.07, 6.45) is -14.5. The number of nitrogens with one attached hydrogen (secondary N) is 4. The molecule has 2 aliphatic rings. The Morgan fingerprint density at radius 3 is 1.23 bits per heavy atom. The fraction of sp³-hybridized carbons (Fsp3) is 0.500. The van der Waals surface area contributed by atoms with Crippen molar-refractivity contribution >= 4 is 99.5 Å². The van der Waals surface area contributed by atoms with E-state index < -0.39 is 127 Å². The number of nitro benzene ring substituents is 1. The number of hydrogen-bond donors (Lipinski definition) is 5. The van der Waals surface area contributed by atoms with Crippen LogP contribution < -0.4 is 21.3 Å². The van der Waals surface area contributed by atoms with E-state index in [4.69, 9.17) is 71.8 Å². The Morgan fingerprint density at radius 1 is 0.554 bits per heavy atom. The van der Waals surface area contributed by atoms with E-state index in [1.807, 2.05) is 0 Å². The monoisotopic (exact) mass is 1080 g/mol. The number of ether oxygens (including phenoxy) is 10. The van der Waals surface area contributed by atoms with Crippen molar-refractivity contribution in [2.24, 2.45) is 10.2 Å². The topological polar surface area (TPSA) is 365 Å².